The van der Waals surface area contributed by atoms with Crippen LogP contribution in [-0.2, 0) is 32.7 Å². The van der Waals surface area contributed by atoms with E-state index < -0.39 is 0 Å². The van der Waals surface area contributed by atoms with Gasteiger partial charge in [0, 0.05) is 32.7 Å². The third-order valence-corrected chi connectivity index (χ3v) is 1.57. The van der Waals surface area contributed by atoms with E-state index in [-0.39, 0.29) is 32.7 Å². The Labute approximate surface area is 99.3 Å². The molecule has 1 heteroatoms. The SMILES string of the molecule is C=[C-]/C=C\c1ccccc1C.[Y]. The van der Waals surface area contributed by atoms with Gasteiger partial charge in [-0.25, -0.2) is 12.2 Å². The van der Waals surface area contributed by atoms with E-state index in [1.165, 1.54) is 11.1 Å². The molecule has 0 aliphatic heterocycles. The van der Waals surface area contributed by atoms with Crippen LogP contribution < -0.4 is 0 Å². The van der Waals surface area contributed by atoms with E-state index in [1.54, 1.807) is 0 Å². The molecule has 0 amide bonds. The molecule has 0 aliphatic carbocycles. The van der Waals surface area contributed by atoms with Crippen LogP contribution in [0.2, 0.25) is 0 Å². The van der Waals surface area contributed by atoms with E-state index >= 15 is 0 Å². The molecule has 0 nitrogen and oxygen atoms in total. The van der Waals surface area contributed by atoms with Crippen LogP contribution in [0.25, 0.3) is 6.08 Å². The Kier molecular flexibility index (Phi) is 6.23. The van der Waals surface area contributed by atoms with Crippen molar-refractivity contribution in [3.05, 3.63) is 54.1 Å². The smallest absolute Gasteiger partial charge is 0 e. The second-order valence-electron chi connectivity index (χ2n) is 2.39. The molecule has 12 heavy (non-hydrogen) atoms. The van der Waals surface area contributed by atoms with Crippen LogP contribution in [-0.4, -0.2) is 0 Å². The van der Waals surface area contributed by atoms with Crippen LogP contribution in [0.5, 0.6) is 0 Å². The Balaban J connectivity index is 0.00000121. The Bertz CT molecular complexity index is 274. The van der Waals surface area contributed by atoms with Crippen LogP contribution in [0, 0.1) is 13.0 Å². The largest absolute Gasteiger partial charge is 0.258 e. The van der Waals surface area contributed by atoms with Gasteiger partial charge in [0.05, 0.1) is 0 Å². The van der Waals surface area contributed by atoms with Crippen molar-refractivity contribution in [1.82, 2.24) is 0 Å². The Morgan fingerprint density at radius 3 is 2.58 bits per heavy atom. The molecule has 0 unspecified atom stereocenters. The van der Waals surface area contributed by atoms with Crippen molar-refractivity contribution in [2.45, 2.75) is 6.92 Å². The van der Waals surface area contributed by atoms with Crippen molar-refractivity contribution in [3.8, 4) is 0 Å². The fourth-order valence-corrected chi connectivity index (χ4v) is 0.922. The van der Waals surface area contributed by atoms with Crippen LogP contribution in [0.4, 0.5) is 0 Å². The fraction of sp³-hybridized carbons (Fsp3) is 0.0909. The van der Waals surface area contributed by atoms with E-state index in [0.717, 1.165) is 0 Å². The van der Waals surface area contributed by atoms with Crippen LogP contribution in [0.1, 0.15) is 11.1 Å². The van der Waals surface area contributed by atoms with Crippen molar-refractivity contribution in [1.29, 1.82) is 0 Å². The minimum atomic E-state index is 0. The molecule has 0 saturated heterocycles. The Morgan fingerprint density at radius 1 is 1.33 bits per heavy atom. The number of benzene rings is 1. The van der Waals surface area contributed by atoms with Gasteiger partial charge in [0.25, 0.3) is 0 Å². The van der Waals surface area contributed by atoms with Gasteiger partial charge >= 0.3 is 0 Å². The molecular formula is C11H11Y-. The molecule has 1 radical (unpaired) electrons. The molecule has 0 heterocycles. The van der Waals surface area contributed by atoms with Crippen LogP contribution in [0.15, 0.2) is 36.9 Å². The summed E-state index contributed by atoms with van der Waals surface area (Å²) in [7, 11) is 0. The van der Waals surface area contributed by atoms with Gasteiger partial charge < -0.3 is 0 Å². The maximum atomic E-state index is 3.49. The van der Waals surface area contributed by atoms with Crippen molar-refractivity contribution >= 4 is 6.08 Å². The van der Waals surface area contributed by atoms with Gasteiger partial charge in [-0.3, -0.25) is 6.08 Å². The summed E-state index contributed by atoms with van der Waals surface area (Å²) in [6, 6.07) is 8.21. The van der Waals surface area contributed by atoms with Gasteiger partial charge in [0.15, 0.2) is 0 Å². The summed E-state index contributed by atoms with van der Waals surface area (Å²) in [5, 5.41) is 0. The molecule has 0 saturated carbocycles. The second-order valence-corrected chi connectivity index (χ2v) is 2.39. The van der Waals surface area contributed by atoms with E-state index in [0.29, 0.717) is 0 Å². The number of aryl methyl sites for hydroxylation is 1. The van der Waals surface area contributed by atoms with E-state index in [1.807, 2.05) is 24.3 Å². The first-order valence-corrected chi connectivity index (χ1v) is 3.59. The fourth-order valence-electron chi connectivity index (χ4n) is 0.922. The first-order chi connectivity index (χ1) is 5.34. The third-order valence-electron chi connectivity index (χ3n) is 1.57. The average Bonchev–Trinajstić information content (AvgIpc) is 2.03. The summed E-state index contributed by atoms with van der Waals surface area (Å²) in [5.41, 5.74) is 2.50. The number of rotatable bonds is 2. The molecular weight excluding hydrogens is 221 g/mol. The molecule has 0 spiro atoms. The average molecular weight is 232 g/mol. The Hall–Kier alpha value is -0.196. The summed E-state index contributed by atoms with van der Waals surface area (Å²) in [5.74, 6) is 0. The van der Waals surface area contributed by atoms with Crippen LogP contribution in [0.3, 0.4) is 0 Å². The monoisotopic (exact) mass is 232 g/mol. The first-order valence-electron chi connectivity index (χ1n) is 3.59. The van der Waals surface area contributed by atoms with E-state index in [2.05, 4.69) is 31.7 Å². The third kappa shape index (κ3) is 3.47. The Morgan fingerprint density at radius 2 is 2.00 bits per heavy atom. The van der Waals surface area contributed by atoms with E-state index in [4.69, 9.17) is 0 Å². The predicted octanol–water partition coefficient (Wildman–Crippen LogP) is 2.99. The number of hydrogen-bond acceptors (Lipinski definition) is 0. The topological polar surface area (TPSA) is 0 Å². The van der Waals surface area contributed by atoms with Gasteiger partial charge in [0.2, 0.25) is 0 Å². The molecule has 0 atom stereocenters. The van der Waals surface area contributed by atoms with Gasteiger partial charge in [-0.1, -0.05) is 29.8 Å². The number of allylic oxidation sites excluding steroid dienone is 2. The van der Waals surface area contributed by atoms with Crippen molar-refractivity contribution in [3.63, 3.8) is 0 Å². The zero-order valence-corrected chi connectivity index (χ0v) is 10.1. The van der Waals surface area contributed by atoms with Crippen molar-refractivity contribution in [2.24, 2.45) is 0 Å². The summed E-state index contributed by atoms with van der Waals surface area (Å²) >= 11 is 0. The van der Waals surface area contributed by atoms with Crippen LogP contribution >= 0.6 is 0 Å². The maximum absolute atomic E-state index is 3.49. The van der Waals surface area contributed by atoms with Gasteiger partial charge in [-0.15, -0.1) is 5.56 Å². The molecule has 0 N–H and O–H groups in total. The molecule has 0 aliphatic rings. The zero-order valence-electron chi connectivity index (χ0n) is 7.25. The second kappa shape index (κ2) is 6.33. The summed E-state index contributed by atoms with van der Waals surface area (Å²) in [6.45, 7) is 5.58. The first kappa shape index (κ1) is 11.8. The number of hydrogen-bond donors (Lipinski definition) is 0. The molecule has 59 valence electrons. The standard InChI is InChI=1S/C11H11.Y/c1-3-4-8-11-9-6-5-7-10(11)2;/h4-9H,1H2,2H3;/q-1;/b8-4-;. The minimum Gasteiger partial charge on any atom is -0.258 e. The molecule has 1 rings (SSSR count). The molecule has 1 aromatic rings. The van der Waals surface area contributed by atoms with Crippen molar-refractivity contribution in [2.75, 3.05) is 0 Å². The zero-order chi connectivity index (χ0) is 8.10. The predicted molar refractivity (Wildman–Crippen MR) is 49.1 cm³/mol. The molecule has 1 aromatic carbocycles. The quantitative estimate of drug-likeness (QED) is 0.543. The molecule has 0 fully saturated rings. The van der Waals surface area contributed by atoms with Crippen molar-refractivity contribution < 1.29 is 32.7 Å². The summed E-state index contributed by atoms with van der Waals surface area (Å²) in [6.07, 6.45) is 6.54. The summed E-state index contributed by atoms with van der Waals surface area (Å²) < 4.78 is 0. The van der Waals surface area contributed by atoms with E-state index in [9.17, 15) is 0 Å². The summed E-state index contributed by atoms with van der Waals surface area (Å²) in [4.78, 5) is 0. The van der Waals surface area contributed by atoms with Gasteiger partial charge in [-0.05, 0) is 6.92 Å². The van der Waals surface area contributed by atoms with Gasteiger partial charge in [-0.2, -0.15) is 6.58 Å². The van der Waals surface area contributed by atoms with Gasteiger partial charge in [0.1, 0.15) is 0 Å². The molecule has 0 aromatic heterocycles. The molecule has 0 bridgehead atoms. The maximum Gasteiger partial charge on any atom is 0 e. The normalized spacial score (nSPS) is 9.42. The minimum absolute atomic E-state index is 0.